The first kappa shape index (κ1) is 15.3. The summed E-state index contributed by atoms with van der Waals surface area (Å²) < 4.78 is 5.20. The molecular weight excluding hydrogens is 318 g/mol. The number of nitrogens with zero attached hydrogens (tertiary/aromatic N) is 1. The molecule has 1 aliphatic heterocycles. The molecule has 0 spiro atoms. The first-order valence-electron chi connectivity index (χ1n) is 6.98. The Morgan fingerprint density at radius 2 is 1.73 bits per heavy atom. The van der Waals surface area contributed by atoms with Crippen LogP contribution in [0.15, 0.2) is 48.5 Å². The first-order chi connectivity index (χ1) is 10.6. The van der Waals surface area contributed by atoms with E-state index in [1.54, 1.807) is 18.9 Å². The van der Waals surface area contributed by atoms with Crippen molar-refractivity contribution in [3.8, 4) is 5.75 Å². The maximum Gasteiger partial charge on any atom is 0.241 e. The molecule has 2 aromatic carbocycles. The van der Waals surface area contributed by atoms with Crippen molar-refractivity contribution in [2.45, 2.75) is 17.5 Å². The van der Waals surface area contributed by atoms with Gasteiger partial charge in [0.05, 0.1) is 12.4 Å². The van der Waals surface area contributed by atoms with Crippen LogP contribution in [0.25, 0.3) is 0 Å². The lowest BCUT2D eigenvalue weighted by Gasteiger charge is -2.24. The minimum absolute atomic E-state index is 0.0328. The van der Waals surface area contributed by atoms with Crippen LogP contribution in [0.3, 0.4) is 0 Å². The number of anilines is 1. The van der Waals surface area contributed by atoms with E-state index < -0.39 is 0 Å². The third-order valence-corrected chi connectivity index (χ3v) is 5.26. The van der Waals surface area contributed by atoms with Crippen LogP contribution in [0.5, 0.6) is 5.75 Å². The average molecular weight is 334 g/mol. The smallest absolute Gasteiger partial charge is 0.241 e. The molecule has 0 aromatic heterocycles. The van der Waals surface area contributed by atoms with E-state index in [1.165, 1.54) is 0 Å². The minimum atomic E-state index is -0.0669. The number of amides is 1. The van der Waals surface area contributed by atoms with Crippen LogP contribution in [0.2, 0.25) is 5.02 Å². The third kappa shape index (κ3) is 2.81. The van der Waals surface area contributed by atoms with Gasteiger partial charge in [0.1, 0.15) is 11.1 Å². The fraction of sp³-hybridized carbons (Fsp3) is 0.235. The van der Waals surface area contributed by atoms with Gasteiger partial charge >= 0.3 is 0 Å². The lowest BCUT2D eigenvalue weighted by molar-refractivity contribution is -0.117. The fourth-order valence-corrected chi connectivity index (χ4v) is 3.89. The van der Waals surface area contributed by atoms with Crippen molar-refractivity contribution in [3.63, 3.8) is 0 Å². The van der Waals surface area contributed by atoms with Gasteiger partial charge < -0.3 is 4.74 Å². The van der Waals surface area contributed by atoms with Crippen molar-refractivity contribution >= 4 is 35.0 Å². The van der Waals surface area contributed by atoms with Crippen LogP contribution < -0.4 is 9.64 Å². The van der Waals surface area contributed by atoms with Crippen LogP contribution in [-0.4, -0.2) is 18.3 Å². The molecule has 5 heteroatoms. The van der Waals surface area contributed by atoms with Gasteiger partial charge in [-0.25, -0.2) is 0 Å². The number of hydrogen-bond donors (Lipinski definition) is 0. The molecule has 2 atom stereocenters. The van der Waals surface area contributed by atoms with E-state index in [-0.39, 0.29) is 16.5 Å². The zero-order chi connectivity index (χ0) is 15.7. The number of halogens is 1. The van der Waals surface area contributed by atoms with Crippen LogP contribution >= 0.6 is 23.4 Å². The molecule has 114 valence electrons. The molecule has 1 aliphatic rings. The normalized spacial score (nSPS) is 21.2. The van der Waals surface area contributed by atoms with E-state index in [4.69, 9.17) is 16.3 Å². The second-order valence-electron chi connectivity index (χ2n) is 5.09. The molecule has 0 saturated carbocycles. The van der Waals surface area contributed by atoms with E-state index in [2.05, 4.69) is 0 Å². The van der Waals surface area contributed by atoms with Crippen LogP contribution in [0.4, 0.5) is 5.69 Å². The monoisotopic (exact) mass is 333 g/mol. The number of thioether (sulfide) groups is 1. The molecule has 0 unspecified atom stereocenters. The zero-order valence-electron chi connectivity index (χ0n) is 12.3. The molecule has 3 rings (SSSR count). The fourth-order valence-electron chi connectivity index (χ4n) is 2.48. The van der Waals surface area contributed by atoms with Gasteiger partial charge in [-0.2, -0.15) is 0 Å². The summed E-state index contributed by atoms with van der Waals surface area (Å²) in [6, 6.07) is 15.2. The SMILES string of the molecule is COc1ccc([C@H]2S[C@@H](C)C(=O)N2c2ccc(Cl)cc2)cc1. The third-order valence-electron chi connectivity index (χ3n) is 3.66. The molecule has 0 N–H and O–H groups in total. The number of hydrogen-bond acceptors (Lipinski definition) is 3. The van der Waals surface area contributed by atoms with Crippen molar-refractivity contribution in [3.05, 3.63) is 59.1 Å². The molecule has 1 saturated heterocycles. The Labute approximate surface area is 139 Å². The van der Waals surface area contributed by atoms with E-state index >= 15 is 0 Å². The summed E-state index contributed by atoms with van der Waals surface area (Å²) in [7, 11) is 1.64. The summed E-state index contributed by atoms with van der Waals surface area (Å²) in [4.78, 5) is 14.4. The summed E-state index contributed by atoms with van der Waals surface area (Å²) in [5, 5.41) is 0.564. The van der Waals surface area contributed by atoms with E-state index in [9.17, 15) is 4.79 Å². The predicted molar refractivity (Wildman–Crippen MR) is 91.7 cm³/mol. The quantitative estimate of drug-likeness (QED) is 0.827. The van der Waals surface area contributed by atoms with Gasteiger partial charge in [0, 0.05) is 10.7 Å². The Balaban J connectivity index is 1.97. The van der Waals surface area contributed by atoms with Crippen LogP contribution in [-0.2, 0) is 4.79 Å². The van der Waals surface area contributed by atoms with E-state index in [0.29, 0.717) is 5.02 Å². The molecule has 3 nitrogen and oxygen atoms in total. The molecular formula is C17H16ClNO2S. The summed E-state index contributed by atoms with van der Waals surface area (Å²) in [5.41, 5.74) is 1.95. The lowest BCUT2D eigenvalue weighted by atomic mass is 10.1. The van der Waals surface area contributed by atoms with Crippen molar-refractivity contribution in [2.24, 2.45) is 0 Å². The van der Waals surface area contributed by atoms with Gasteiger partial charge in [0.2, 0.25) is 5.91 Å². The molecule has 0 bridgehead atoms. The Kier molecular flexibility index (Phi) is 4.32. The Morgan fingerprint density at radius 3 is 2.32 bits per heavy atom. The number of carbonyl (C=O) groups excluding carboxylic acids is 1. The highest BCUT2D eigenvalue weighted by molar-refractivity contribution is 8.01. The first-order valence-corrected chi connectivity index (χ1v) is 8.30. The van der Waals surface area contributed by atoms with Gasteiger partial charge in [0.15, 0.2) is 0 Å². The molecule has 1 amide bonds. The Hall–Kier alpha value is -1.65. The highest BCUT2D eigenvalue weighted by Crippen LogP contribution is 2.45. The van der Waals surface area contributed by atoms with Gasteiger partial charge in [-0.3, -0.25) is 9.69 Å². The molecule has 1 fully saturated rings. The van der Waals surface area contributed by atoms with E-state index in [1.807, 2.05) is 60.4 Å². The average Bonchev–Trinajstić information content (AvgIpc) is 2.84. The van der Waals surface area contributed by atoms with Crippen molar-refractivity contribution < 1.29 is 9.53 Å². The summed E-state index contributed by atoms with van der Waals surface area (Å²) >= 11 is 7.60. The number of carbonyl (C=O) groups is 1. The molecule has 22 heavy (non-hydrogen) atoms. The largest absolute Gasteiger partial charge is 0.497 e. The van der Waals surface area contributed by atoms with Gasteiger partial charge in [-0.1, -0.05) is 23.7 Å². The number of benzene rings is 2. The van der Waals surface area contributed by atoms with Crippen molar-refractivity contribution in [1.82, 2.24) is 0 Å². The molecule has 0 aliphatic carbocycles. The Bertz CT molecular complexity index is 672. The highest BCUT2D eigenvalue weighted by atomic mass is 35.5. The standard InChI is InChI=1S/C17H16ClNO2S/c1-11-16(20)19(14-7-5-13(18)6-8-14)17(22-11)12-3-9-15(21-2)10-4-12/h3-11,17H,1-2H3/t11-,17+/m0/s1. The van der Waals surface area contributed by atoms with Gasteiger partial charge in [-0.15, -0.1) is 11.8 Å². The number of rotatable bonds is 3. The molecule has 0 radical (unpaired) electrons. The topological polar surface area (TPSA) is 29.5 Å². The number of ether oxygens (including phenoxy) is 1. The van der Waals surface area contributed by atoms with Crippen LogP contribution in [0, 0.1) is 0 Å². The predicted octanol–water partition coefficient (Wildman–Crippen LogP) is 4.52. The molecule has 1 heterocycles. The van der Waals surface area contributed by atoms with Gasteiger partial charge in [0.25, 0.3) is 0 Å². The van der Waals surface area contributed by atoms with Crippen molar-refractivity contribution in [1.29, 1.82) is 0 Å². The minimum Gasteiger partial charge on any atom is -0.497 e. The second-order valence-corrected chi connectivity index (χ2v) is 6.95. The maximum atomic E-state index is 12.5. The molecule has 2 aromatic rings. The second kappa shape index (κ2) is 6.23. The maximum absolute atomic E-state index is 12.5. The highest BCUT2D eigenvalue weighted by Gasteiger charge is 2.39. The summed E-state index contributed by atoms with van der Waals surface area (Å²) in [6.45, 7) is 1.94. The number of methoxy groups -OCH3 is 1. The Morgan fingerprint density at radius 1 is 1.09 bits per heavy atom. The van der Waals surface area contributed by atoms with Gasteiger partial charge in [-0.05, 0) is 48.9 Å². The van der Waals surface area contributed by atoms with Crippen molar-refractivity contribution in [2.75, 3.05) is 12.0 Å². The van der Waals surface area contributed by atoms with E-state index in [0.717, 1.165) is 17.0 Å². The summed E-state index contributed by atoms with van der Waals surface area (Å²) in [6.07, 6.45) is 0. The summed E-state index contributed by atoms with van der Waals surface area (Å²) in [5.74, 6) is 0.928. The zero-order valence-corrected chi connectivity index (χ0v) is 13.9. The lowest BCUT2D eigenvalue weighted by Crippen LogP contribution is -2.30. The van der Waals surface area contributed by atoms with Crippen LogP contribution in [0.1, 0.15) is 17.9 Å².